The van der Waals surface area contributed by atoms with E-state index in [-0.39, 0.29) is 23.5 Å². The summed E-state index contributed by atoms with van der Waals surface area (Å²) in [5.74, 6) is -0.538. The molecule has 156 valence electrons. The first-order valence-electron chi connectivity index (χ1n) is 8.46. The summed E-state index contributed by atoms with van der Waals surface area (Å²) in [6, 6.07) is 8.75. The van der Waals surface area contributed by atoms with Crippen molar-refractivity contribution < 1.29 is 22.9 Å². The average Bonchev–Trinajstić information content (AvgIpc) is 2.64. The highest BCUT2D eigenvalue weighted by Gasteiger charge is 2.34. The molecule has 0 spiro atoms. The molecule has 1 amide bonds. The number of hydrogen-bond acceptors (Lipinski definition) is 6. The van der Waals surface area contributed by atoms with Gasteiger partial charge in [0.05, 0.1) is 18.3 Å². The molecule has 0 saturated heterocycles. The molecule has 9 nitrogen and oxygen atoms in total. The Labute approximate surface area is 173 Å². The number of amides is 1. The molecule has 0 fully saturated rings. The number of non-ortho nitro benzene ring substituents is 1. The summed E-state index contributed by atoms with van der Waals surface area (Å²) in [7, 11) is -2.70. The monoisotopic (exact) mass is 441 g/mol. The maximum atomic E-state index is 12.9. The van der Waals surface area contributed by atoms with Gasteiger partial charge in [-0.3, -0.25) is 19.2 Å². The van der Waals surface area contributed by atoms with E-state index in [1.807, 2.05) is 0 Å². The fourth-order valence-corrected chi connectivity index (χ4v) is 4.19. The second-order valence-electron chi connectivity index (χ2n) is 6.10. The number of rotatable bonds is 8. The molecule has 2 rings (SSSR count). The molecule has 2 aromatic rings. The number of halogens is 1. The number of nitrogens with one attached hydrogen (secondary N) is 1. The van der Waals surface area contributed by atoms with Crippen LogP contribution in [0.1, 0.15) is 13.3 Å². The van der Waals surface area contributed by atoms with Gasteiger partial charge in [0.15, 0.2) is 0 Å². The Bertz CT molecular complexity index is 1030. The van der Waals surface area contributed by atoms with Crippen LogP contribution in [0.3, 0.4) is 0 Å². The molecule has 0 bridgehead atoms. The summed E-state index contributed by atoms with van der Waals surface area (Å²) in [6.07, 6.45) is 1.02. The molecule has 1 atom stereocenters. The molecule has 0 radical (unpaired) electrons. The van der Waals surface area contributed by atoms with E-state index in [2.05, 4.69) is 5.32 Å². The van der Waals surface area contributed by atoms with Gasteiger partial charge < -0.3 is 10.1 Å². The normalized spacial score (nSPS) is 12.1. The summed E-state index contributed by atoms with van der Waals surface area (Å²) in [6.45, 7) is 1.63. The van der Waals surface area contributed by atoms with Crippen LogP contribution in [-0.2, 0) is 14.8 Å². The zero-order valence-corrected chi connectivity index (χ0v) is 17.5. The highest BCUT2D eigenvalue weighted by Crippen LogP contribution is 2.35. The van der Waals surface area contributed by atoms with Gasteiger partial charge in [0.25, 0.3) is 5.69 Å². The van der Waals surface area contributed by atoms with E-state index in [9.17, 15) is 23.3 Å². The lowest BCUT2D eigenvalue weighted by Gasteiger charge is -2.30. The van der Waals surface area contributed by atoms with Crippen LogP contribution in [0.5, 0.6) is 5.75 Å². The molecule has 11 heteroatoms. The van der Waals surface area contributed by atoms with Crippen molar-refractivity contribution in [3.8, 4) is 5.75 Å². The molecule has 1 N–H and O–H groups in total. The average molecular weight is 442 g/mol. The smallest absolute Gasteiger partial charge is 0.271 e. The van der Waals surface area contributed by atoms with Crippen LogP contribution in [0.25, 0.3) is 0 Å². The van der Waals surface area contributed by atoms with Gasteiger partial charge in [-0.2, -0.15) is 0 Å². The summed E-state index contributed by atoms with van der Waals surface area (Å²) >= 11 is 5.92. The minimum absolute atomic E-state index is 0.0787. The summed E-state index contributed by atoms with van der Waals surface area (Å²) in [5.41, 5.74) is -0.0442. The predicted octanol–water partition coefficient (Wildman–Crippen LogP) is 3.44. The van der Waals surface area contributed by atoms with Crippen molar-refractivity contribution in [3.05, 3.63) is 57.6 Å². The van der Waals surface area contributed by atoms with Crippen LogP contribution >= 0.6 is 11.6 Å². The third-order valence-electron chi connectivity index (χ3n) is 4.03. The Balaban J connectivity index is 2.54. The van der Waals surface area contributed by atoms with E-state index in [4.69, 9.17) is 16.3 Å². The van der Waals surface area contributed by atoms with Gasteiger partial charge in [0.2, 0.25) is 15.9 Å². The third-order valence-corrected chi connectivity index (χ3v) is 5.43. The lowest BCUT2D eigenvalue weighted by Crippen LogP contribution is -2.47. The van der Waals surface area contributed by atoms with Crippen molar-refractivity contribution >= 4 is 44.6 Å². The highest BCUT2D eigenvalue weighted by molar-refractivity contribution is 7.92. The molecule has 2 aromatic carbocycles. The first-order valence-corrected chi connectivity index (χ1v) is 10.7. The number of anilines is 2. The van der Waals surface area contributed by atoms with Crippen LogP contribution in [0, 0.1) is 10.1 Å². The van der Waals surface area contributed by atoms with E-state index in [1.165, 1.54) is 25.3 Å². The fraction of sp³-hybridized carbons (Fsp3) is 0.278. The van der Waals surface area contributed by atoms with Gasteiger partial charge >= 0.3 is 0 Å². The molecule has 29 heavy (non-hydrogen) atoms. The molecular formula is C18H20ClN3O6S. The molecular weight excluding hydrogens is 422 g/mol. The lowest BCUT2D eigenvalue weighted by atomic mass is 10.1. The van der Waals surface area contributed by atoms with E-state index in [0.717, 1.165) is 16.6 Å². The Morgan fingerprint density at radius 2 is 2.00 bits per heavy atom. The fourth-order valence-electron chi connectivity index (χ4n) is 2.79. The number of methoxy groups -OCH3 is 1. The summed E-state index contributed by atoms with van der Waals surface area (Å²) < 4.78 is 31.2. The number of nitro groups is 1. The van der Waals surface area contributed by atoms with Crippen LogP contribution in [-0.4, -0.2) is 38.7 Å². The van der Waals surface area contributed by atoms with Crippen molar-refractivity contribution in [2.75, 3.05) is 23.0 Å². The number of nitrogens with zero attached hydrogens (tertiary/aromatic N) is 2. The quantitative estimate of drug-likeness (QED) is 0.495. The van der Waals surface area contributed by atoms with E-state index >= 15 is 0 Å². The van der Waals surface area contributed by atoms with Gasteiger partial charge in [0, 0.05) is 22.8 Å². The second-order valence-corrected chi connectivity index (χ2v) is 8.39. The lowest BCUT2D eigenvalue weighted by molar-refractivity contribution is -0.384. The van der Waals surface area contributed by atoms with Gasteiger partial charge in [0.1, 0.15) is 17.5 Å². The third kappa shape index (κ3) is 5.36. The van der Waals surface area contributed by atoms with Gasteiger partial charge in [-0.25, -0.2) is 8.42 Å². The van der Waals surface area contributed by atoms with Crippen LogP contribution in [0.4, 0.5) is 17.1 Å². The van der Waals surface area contributed by atoms with Gasteiger partial charge in [-0.05, 0) is 30.7 Å². The molecule has 0 aliphatic carbocycles. The Kier molecular flexibility index (Phi) is 7.04. The minimum Gasteiger partial charge on any atom is -0.495 e. The molecule has 0 heterocycles. The number of nitro benzene ring substituents is 1. The van der Waals surface area contributed by atoms with Crippen molar-refractivity contribution in [2.45, 2.75) is 19.4 Å². The first-order chi connectivity index (χ1) is 13.6. The maximum Gasteiger partial charge on any atom is 0.271 e. The van der Waals surface area contributed by atoms with Crippen LogP contribution in [0.15, 0.2) is 42.5 Å². The number of carbonyl (C=O) groups excluding carboxylic acids is 1. The van der Waals surface area contributed by atoms with E-state index in [0.29, 0.717) is 10.7 Å². The molecule has 0 aliphatic rings. The Morgan fingerprint density at radius 3 is 2.52 bits per heavy atom. The zero-order chi connectivity index (χ0) is 21.8. The number of benzene rings is 2. The van der Waals surface area contributed by atoms with Crippen molar-refractivity contribution in [3.63, 3.8) is 0 Å². The zero-order valence-electron chi connectivity index (χ0n) is 16.0. The van der Waals surface area contributed by atoms with Crippen molar-refractivity contribution in [1.29, 1.82) is 0 Å². The SMILES string of the molecule is CC[C@H](C(=O)Nc1cccc(Cl)c1)N(c1cc([N+](=O)[O-])ccc1OC)S(C)(=O)=O. The number of carbonyl (C=O) groups is 1. The van der Waals surface area contributed by atoms with Crippen molar-refractivity contribution in [1.82, 2.24) is 0 Å². The molecule has 0 unspecified atom stereocenters. The van der Waals surface area contributed by atoms with Crippen LogP contribution in [0.2, 0.25) is 5.02 Å². The highest BCUT2D eigenvalue weighted by atomic mass is 35.5. The Morgan fingerprint density at radius 1 is 1.31 bits per heavy atom. The topological polar surface area (TPSA) is 119 Å². The predicted molar refractivity (Wildman–Crippen MR) is 111 cm³/mol. The first kappa shape index (κ1) is 22.4. The summed E-state index contributed by atoms with van der Waals surface area (Å²) in [5, 5.41) is 14.2. The van der Waals surface area contributed by atoms with E-state index < -0.39 is 26.9 Å². The minimum atomic E-state index is -4.01. The maximum absolute atomic E-state index is 12.9. The standard InChI is InChI=1S/C18H20ClN3O6S/c1-4-15(18(23)20-13-7-5-6-12(19)10-13)21(29(3,26)27)16-11-14(22(24)25)8-9-17(16)28-2/h5-11,15H,4H2,1-3H3,(H,20,23)/t15-/m1/s1. The molecule has 0 aromatic heterocycles. The number of hydrogen-bond donors (Lipinski definition) is 1. The molecule has 0 saturated carbocycles. The van der Waals surface area contributed by atoms with Crippen LogP contribution < -0.4 is 14.4 Å². The summed E-state index contributed by atoms with van der Waals surface area (Å²) in [4.78, 5) is 23.4. The van der Waals surface area contributed by atoms with Gasteiger partial charge in [-0.15, -0.1) is 0 Å². The van der Waals surface area contributed by atoms with Crippen molar-refractivity contribution in [2.24, 2.45) is 0 Å². The largest absolute Gasteiger partial charge is 0.495 e. The molecule has 0 aliphatic heterocycles. The second kappa shape index (κ2) is 9.10. The van der Waals surface area contributed by atoms with Gasteiger partial charge in [-0.1, -0.05) is 24.6 Å². The number of sulfonamides is 1. The Hall–Kier alpha value is -2.85. The van der Waals surface area contributed by atoms with E-state index in [1.54, 1.807) is 25.1 Å². The number of ether oxygens (including phenoxy) is 1.